The van der Waals surface area contributed by atoms with Gasteiger partial charge in [-0.05, 0) is 49.4 Å². The number of Topliss-reactive ketones (excluding diaryl/α,β-unsaturated/α-hetero) is 1. The summed E-state index contributed by atoms with van der Waals surface area (Å²) in [5.74, 6) is -0.944. The van der Waals surface area contributed by atoms with Crippen LogP contribution in [0.5, 0.6) is 11.5 Å². The molecule has 0 bridgehead atoms. The molecule has 0 spiro atoms. The molecular weight excluding hydrogens is 506 g/mol. The number of hydrogen-bond acceptors (Lipinski definition) is 9. The minimum absolute atomic E-state index is 0.0349. The molecule has 3 aromatic heterocycles. The number of carbonyl (C=O) groups excluding carboxylic acids is 2. The fourth-order valence-corrected chi connectivity index (χ4v) is 5.57. The van der Waals surface area contributed by atoms with Crippen LogP contribution in [0.15, 0.2) is 82.6 Å². The largest absolute Gasteiger partial charge is 0.503 e. The van der Waals surface area contributed by atoms with Crippen molar-refractivity contribution in [3.05, 3.63) is 89.6 Å². The summed E-state index contributed by atoms with van der Waals surface area (Å²) in [4.78, 5) is 37.7. The first kappa shape index (κ1) is 23.7. The van der Waals surface area contributed by atoms with Crippen LogP contribution in [-0.2, 0) is 4.79 Å². The van der Waals surface area contributed by atoms with E-state index in [4.69, 9.17) is 13.9 Å². The molecule has 1 aliphatic rings. The van der Waals surface area contributed by atoms with Gasteiger partial charge in [0.2, 0.25) is 5.78 Å². The highest BCUT2D eigenvalue weighted by Crippen LogP contribution is 2.44. The number of aliphatic hydroxyl groups is 1. The smallest absolute Gasteiger partial charge is 0.296 e. The molecule has 10 heteroatoms. The zero-order valence-electron chi connectivity index (χ0n) is 20.4. The quantitative estimate of drug-likeness (QED) is 0.271. The summed E-state index contributed by atoms with van der Waals surface area (Å²) in [6.07, 6.45) is 1.56. The Kier molecular flexibility index (Phi) is 5.80. The number of methoxy groups -OCH3 is 1. The fraction of sp³-hybridized carbons (Fsp3) is 0.143. The monoisotopic (exact) mass is 527 g/mol. The number of carbonyl (C=O) groups is 2. The summed E-state index contributed by atoms with van der Waals surface area (Å²) >= 11 is 1.25. The van der Waals surface area contributed by atoms with Crippen LogP contribution >= 0.6 is 11.3 Å². The lowest BCUT2D eigenvalue weighted by atomic mass is 9.98. The van der Waals surface area contributed by atoms with Crippen LogP contribution in [0.2, 0.25) is 0 Å². The van der Waals surface area contributed by atoms with E-state index in [9.17, 15) is 14.7 Å². The number of benzene rings is 2. The second kappa shape index (κ2) is 9.31. The van der Waals surface area contributed by atoms with Crippen LogP contribution < -0.4 is 14.4 Å². The average molecular weight is 528 g/mol. The molecule has 9 nitrogen and oxygen atoms in total. The molecule has 0 aliphatic carbocycles. The Morgan fingerprint density at radius 3 is 2.79 bits per heavy atom. The molecule has 190 valence electrons. The molecule has 6 rings (SSSR count). The van der Waals surface area contributed by atoms with Crippen molar-refractivity contribution in [3.8, 4) is 11.5 Å². The van der Waals surface area contributed by atoms with Gasteiger partial charge in [0.25, 0.3) is 5.91 Å². The molecule has 1 N–H and O–H groups in total. The first-order valence-electron chi connectivity index (χ1n) is 11.8. The van der Waals surface area contributed by atoms with Crippen LogP contribution in [0.25, 0.3) is 21.2 Å². The van der Waals surface area contributed by atoms with Crippen molar-refractivity contribution in [1.82, 2.24) is 9.97 Å². The van der Waals surface area contributed by atoms with Gasteiger partial charge in [-0.2, -0.15) is 0 Å². The number of thiazole rings is 1. The molecule has 2 aromatic carbocycles. The number of anilines is 1. The standard InChI is InChI=1S/C28H21N3O6S/c1-3-36-16-10-11-17-21(14-16)38-28(30-17)31-23(18-8-4-5-12-29-18)22(25(33)27(31)34)24(32)20-13-15-7-6-9-19(35-2)26(15)37-20/h4-14,23,33H,3H2,1-2H3. The van der Waals surface area contributed by atoms with Crippen LogP contribution in [0.4, 0.5) is 5.13 Å². The van der Waals surface area contributed by atoms with Crippen molar-refractivity contribution in [2.24, 2.45) is 0 Å². The first-order valence-corrected chi connectivity index (χ1v) is 12.6. The van der Waals surface area contributed by atoms with Crippen molar-refractivity contribution in [3.63, 3.8) is 0 Å². The van der Waals surface area contributed by atoms with Gasteiger partial charge in [-0.15, -0.1) is 0 Å². The molecule has 0 saturated heterocycles. The molecule has 0 fully saturated rings. The van der Waals surface area contributed by atoms with Gasteiger partial charge < -0.3 is 19.0 Å². The minimum Gasteiger partial charge on any atom is -0.503 e. The Morgan fingerprint density at radius 1 is 1.16 bits per heavy atom. The number of hydrogen-bond donors (Lipinski definition) is 1. The molecule has 1 unspecified atom stereocenters. The summed E-state index contributed by atoms with van der Waals surface area (Å²) in [5.41, 5.74) is 1.31. The van der Waals surface area contributed by atoms with E-state index < -0.39 is 23.5 Å². The molecule has 0 radical (unpaired) electrons. The average Bonchev–Trinajstić information content (AvgIpc) is 3.63. The van der Waals surface area contributed by atoms with Crippen molar-refractivity contribution in [1.29, 1.82) is 0 Å². The lowest BCUT2D eigenvalue weighted by Gasteiger charge is -2.23. The predicted molar refractivity (Wildman–Crippen MR) is 142 cm³/mol. The van der Waals surface area contributed by atoms with Gasteiger partial charge >= 0.3 is 0 Å². The molecule has 1 amide bonds. The normalized spacial score (nSPS) is 15.6. The van der Waals surface area contributed by atoms with E-state index in [1.54, 1.807) is 60.8 Å². The van der Waals surface area contributed by atoms with Crippen LogP contribution in [0.3, 0.4) is 0 Å². The Balaban J connectivity index is 1.47. The van der Waals surface area contributed by atoms with Crippen molar-refractivity contribution >= 4 is 49.3 Å². The zero-order chi connectivity index (χ0) is 26.4. The fourth-order valence-electron chi connectivity index (χ4n) is 4.55. The molecule has 1 atom stereocenters. The molecule has 5 aromatic rings. The number of pyridine rings is 1. The van der Waals surface area contributed by atoms with E-state index >= 15 is 0 Å². The number of amides is 1. The van der Waals surface area contributed by atoms with Crippen molar-refractivity contribution in [2.75, 3.05) is 18.6 Å². The maximum absolute atomic E-state index is 13.8. The number of furan rings is 1. The number of aromatic nitrogens is 2. The highest BCUT2D eigenvalue weighted by molar-refractivity contribution is 7.22. The number of rotatable bonds is 7. The molecule has 38 heavy (non-hydrogen) atoms. The molecule has 0 saturated carbocycles. The lowest BCUT2D eigenvalue weighted by molar-refractivity contribution is -0.117. The van der Waals surface area contributed by atoms with Gasteiger partial charge in [-0.1, -0.05) is 29.5 Å². The second-order valence-electron chi connectivity index (χ2n) is 8.47. The van der Waals surface area contributed by atoms with Gasteiger partial charge in [-0.3, -0.25) is 19.5 Å². The summed E-state index contributed by atoms with van der Waals surface area (Å²) in [6.45, 7) is 2.41. The Morgan fingerprint density at radius 2 is 2.03 bits per heavy atom. The zero-order valence-corrected chi connectivity index (χ0v) is 21.2. The third-order valence-electron chi connectivity index (χ3n) is 6.24. The SMILES string of the molecule is CCOc1ccc2nc(N3C(=O)C(O)=C(C(=O)c4cc5cccc(OC)c5o4)C3c3ccccn3)sc2c1. The van der Waals surface area contributed by atoms with Crippen LogP contribution in [0, 0.1) is 0 Å². The van der Waals surface area contributed by atoms with E-state index in [0.29, 0.717) is 45.4 Å². The summed E-state index contributed by atoms with van der Waals surface area (Å²) in [6, 6.07) is 16.5. The highest BCUT2D eigenvalue weighted by atomic mass is 32.1. The number of ether oxygens (including phenoxy) is 2. The molecule has 4 heterocycles. The highest BCUT2D eigenvalue weighted by Gasteiger charge is 2.47. The Hall–Kier alpha value is -4.70. The van der Waals surface area contributed by atoms with E-state index in [-0.39, 0.29) is 11.3 Å². The topological polar surface area (TPSA) is 115 Å². The number of nitrogens with zero attached hydrogens (tertiary/aromatic N) is 3. The molecular formula is C28H21N3O6S. The maximum atomic E-state index is 13.8. The number of para-hydroxylation sites is 1. The van der Waals surface area contributed by atoms with Crippen LogP contribution in [-0.4, -0.2) is 40.5 Å². The maximum Gasteiger partial charge on any atom is 0.296 e. The van der Waals surface area contributed by atoms with Gasteiger partial charge in [-0.25, -0.2) is 4.98 Å². The van der Waals surface area contributed by atoms with Gasteiger partial charge in [0.05, 0.1) is 35.2 Å². The predicted octanol–water partition coefficient (Wildman–Crippen LogP) is 5.63. The van der Waals surface area contributed by atoms with Gasteiger partial charge in [0, 0.05) is 11.6 Å². The second-order valence-corrected chi connectivity index (χ2v) is 9.48. The Bertz CT molecular complexity index is 1740. The first-order chi connectivity index (χ1) is 18.5. The molecule has 1 aliphatic heterocycles. The van der Waals surface area contributed by atoms with E-state index in [1.807, 2.05) is 13.0 Å². The number of fused-ring (bicyclic) bond motifs is 2. The van der Waals surface area contributed by atoms with E-state index in [2.05, 4.69) is 9.97 Å². The van der Waals surface area contributed by atoms with Crippen molar-refractivity contribution in [2.45, 2.75) is 13.0 Å². The van der Waals surface area contributed by atoms with Crippen molar-refractivity contribution < 1.29 is 28.6 Å². The number of aliphatic hydroxyl groups excluding tert-OH is 1. The van der Waals surface area contributed by atoms with E-state index in [1.165, 1.54) is 23.3 Å². The third kappa shape index (κ3) is 3.77. The summed E-state index contributed by atoms with van der Waals surface area (Å²) in [7, 11) is 1.51. The summed E-state index contributed by atoms with van der Waals surface area (Å²) < 4.78 is 17.6. The number of ketones is 1. The lowest BCUT2D eigenvalue weighted by Crippen LogP contribution is -2.31. The minimum atomic E-state index is -1.02. The third-order valence-corrected chi connectivity index (χ3v) is 7.26. The van der Waals surface area contributed by atoms with E-state index in [0.717, 1.165) is 4.70 Å². The van der Waals surface area contributed by atoms with Gasteiger partial charge in [0.15, 0.2) is 28.0 Å². The Labute approximate surface area is 220 Å². The summed E-state index contributed by atoms with van der Waals surface area (Å²) in [5, 5.41) is 12.0. The van der Waals surface area contributed by atoms with Gasteiger partial charge in [0.1, 0.15) is 11.8 Å². The van der Waals surface area contributed by atoms with Crippen LogP contribution in [0.1, 0.15) is 29.2 Å².